The fourth-order valence-electron chi connectivity index (χ4n) is 1.73. The zero-order valence-electron chi connectivity index (χ0n) is 10.5. The molecule has 0 saturated carbocycles. The first-order valence-corrected chi connectivity index (χ1v) is 5.66. The fraction of sp³-hybridized carbons (Fsp3) is 0.385. The standard InChI is InChI=1S/C13H16N2O2/c1-7(2)14-13-15-10-6-5-8(3)9(4)11(10)12(16)17-13/h5-7H,1-4H3,(H,14,15). The van der Waals surface area contributed by atoms with Crippen molar-refractivity contribution < 1.29 is 4.42 Å². The second-order valence-corrected chi connectivity index (χ2v) is 4.51. The molecule has 0 saturated heterocycles. The molecule has 0 atom stereocenters. The number of fused-ring (bicyclic) bond motifs is 1. The highest BCUT2D eigenvalue weighted by Gasteiger charge is 2.10. The molecule has 0 aliphatic heterocycles. The minimum Gasteiger partial charge on any atom is -0.389 e. The average Bonchev–Trinajstić information content (AvgIpc) is 2.22. The molecule has 90 valence electrons. The Bertz CT molecular complexity index is 615. The van der Waals surface area contributed by atoms with Crippen LogP contribution < -0.4 is 10.9 Å². The van der Waals surface area contributed by atoms with Crippen LogP contribution in [-0.4, -0.2) is 11.0 Å². The van der Waals surface area contributed by atoms with Crippen molar-refractivity contribution in [1.29, 1.82) is 0 Å². The summed E-state index contributed by atoms with van der Waals surface area (Å²) in [5.41, 5.74) is 2.34. The molecule has 17 heavy (non-hydrogen) atoms. The number of benzene rings is 1. The smallest absolute Gasteiger partial charge is 0.348 e. The monoisotopic (exact) mass is 232 g/mol. The predicted octanol–water partition coefficient (Wildman–Crippen LogP) is 2.63. The zero-order valence-corrected chi connectivity index (χ0v) is 10.5. The Kier molecular flexibility index (Phi) is 2.88. The summed E-state index contributed by atoms with van der Waals surface area (Å²) in [5.74, 6) is 0. The van der Waals surface area contributed by atoms with Gasteiger partial charge in [0.15, 0.2) is 0 Å². The summed E-state index contributed by atoms with van der Waals surface area (Å²) >= 11 is 0. The van der Waals surface area contributed by atoms with Crippen LogP contribution in [0.3, 0.4) is 0 Å². The maximum Gasteiger partial charge on any atom is 0.348 e. The van der Waals surface area contributed by atoms with E-state index in [0.717, 1.165) is 11.1 Å². The van der Waals surface area contributed by atoms with E-state index in [0.29, 0.717) is 10.9 Å². The number of hydrogen-bond acceptors (Lipinski definition) is 4. The minimum atomic E-state index is -0.334. The topological polar surface area (TPSA) is 55.1 Å². The van der Waals surface area contributed by atoms with Gasteiger partial charge in [0.2, 0.25) is 0 Å². The Morgan fingerprint density at radius 3 is 2.65 bits per heavy atom. The van der Waals surface area contributed by atoms with E-state index in [1.54, 1.807) is 0 Å². The molecular weight excluding hydrogens is 216 g/mol. The predicted molar refractivity (Wildman–Crippen MR) is 68.5 cm³/mol. The van der Waals surface area contributed by atoms with Crippen LogP contribution in [0.25, 0.3) is 10.9 Å². The van der Waals surface area contributed by atoms with Crippen LogP contribution in [0, 0.1) is 13.8 Å². The van der Waals surface area contributed by atoms with Crippen molar-refractivity contribution in [2.24, 2.45) is 0 Å². The Morgan fingerprint density at radius 2 is 2.00 bits per heavy atom. The molecule has 4 heteroatoms. The van der Waals surface area contributed by atoms with Gasteiger partial charge in [-0.25, -0.2) is 4.79 Å². The fourth-order valence-corrected chi connectivity index (χ4v) is 1.73. The van der Waals surface area contributed by atoms with E-state index in [2.05, 4.69) is 10.3 Å². The Labute approximate surface area is 99.7 Å². The maximum atomic E-state index is 11.9. The number of hydrogen-bond donors (Lipinski definition) is 1. The Hall–Kier alpha value is -1.84. The minimum absolute atomic E-state index is 0.176. The number of rotatable bonds is 2. The third-order valence-corrected chi connectivity index (χ3v) is 2.74. The molecular formula is C13H16N2O2. The number of nitrogens with one attached hydrogen (secondary N) is 1. The molecule has 2 rings (SSSR count). The van der Waals surface area contributed by atoms with Crippen LogP contribution in [-0.2, 0) is 0 Å². The molecule has 0 fully saturated rings. The van der Waals surface area contributed by atoms with E-state index in [1.807, 2.05) is 39.8 Å². The third-order valence-electron chi connectivity index (χ3n) is 2.74. The van der Waals surface area contributed by atoms with Gasteiger partial charge in [0.05, 0.1) is 10.9 Å². The highest BCUT2D eigenvalue weighted by Crippen LogP contribution is 2.18. The molecule has 4 nitrogen and oxygen atoms in total. The summed E-state index contributed by atoms with van der Waals surface area (Å²) in [6, 6.07) is 4.26. The van der Waals surface area contributed by atoms with E-state index in [-0.39, 0.29) is 17.7 Å². The Balaban J connectivity index is 2.68. The summed E-state index contributed by atoms with van der Waals surface area (Å²) < 4.78 is 5.16. The number of aryl methyl sites for hydroxylation is 2. The van der Waals surface area contributed by atoms with Crippen LogP contribution in [0.4, 0.5) is 6.01 Å². The van der Waals surface area contributed by atoms with Crippen molar-refractivity contribution in [2.75, 3.05) is 5.32 Å². The van der Waals surface area contributed by atoms with Crippen LogP contribution in [0.1, 0.15) is 25.0 Å². The summed E-state index contributed by atoms with van der Waals surface area (Å²) in [6.07, 6.45) is 0. The molecule has 0 bridgehead atoms. The van der Waals surface area contributed by atoms with Crippen molar-refractivity contribution in [1.82, 2.24) is 4.98 Å². The Morgan fingerprint density at radius 1 is 1.29 bits per heavy atom. The van der Waals surface area contributed by atoms with Gasteiger partial charge in [-0.3, -0.25) is 0 Å². The van der Waals surface area contributed by atoms with Crippen molar-refractivity contribution in [2.45, 2.75) is 33.7 Å². The van der Waals surface area contributed by atoms with Crippen LogP contribution >= 0.6 is 0 Å². The van der Waals surface area contributed by atoms with Crippen molar-refractivity contribution >= 4 is 16.9 Å². The second kappa shape index (κ2) is 4.20. The SMILES string of the molecule is Cc1ccc2nc(NC(C)C)oc(=O)c2c1C. The van der Waals surface area contributed by atoms with E-state index >= 15 is 0 Å². The van der Waals surface area contributed by atoms with E-state index < -0.39 is 0 Å². The van der Waals surface area contributed by atoms with Gasteiger partial charge < -0.3 is 9.73 Å². The van der Waals surface area contributed by atoms with Gasteiger partial charge in [0.25, 0.3) is 6.01 Å². The van der Waals surface area contributed by atoms with Gasteiger partial charge in [-0.1, -0.05) is 6.07 Å². The van der Waals surface area contributed by atoms with Gasteiger partial charge in [-0.15, -0.1) is 0 Å². The van der Waals surface area contributed by atoms with Gasteiger partial charge in [-0.2, -0.15) is 4.98 Å². The van der Waals surface area contributed by atoms with Crippen LogP contribution in [0.15, 0.2) is 21.3 Å². The number of nitrogens with zero attached hydrogens (tertiary/aromatic N) is 1. The van der Waals surface area contributed by atoms with E-state index in [1.165, 1.54) is 0 Å². The first-order chi connectivity index (χ1) is 7.99. The molecule has 0 aliphatic rings. The molecule has 0 spiro atoms. The van der Waals surface area contributed by atoms with Crippen LogP contribution in [0.2, 0.25) is 0 Å². The quantitative estimate of drug-likeness (QED) is 0.864. The summed E-state index contributed by atoms with van der Waals surface area (Å²) in [6.45, 7) is 7.80. The molecule has 0 aliphatic carbocycles. The first kappa shape index (κ1) is 11.6. The lowest BCUT2D eigenvalue weighted by molar-refractivity contribution is 0.511. The van der Waals surface area contributed by atoms with Crippen molar-refractivity contribution in [3.63, 3.8) is 0 Å². The largest absolute Gasteiger partial charge is 0.389 e. The number of anilines is 1. The molecule has 0 unspecified atom stereocenters. The summed E-state index contributed by atoms with van der Waals surface area (Å²) in [4.78, 5) is 16.2. The van der Waals surface area contributed by atoms with Gasteiger partial charge in [0.1, 0.15) is 0 Å². The normalized spacial score (nSPS) is 11.1. The molecule has 1 aromatic heterocycles. The highest BCUT2D eigenvalue weighted by molar-refractivity contribution is 5.82. The molecule has 0 radical (unpaired) electrons. The molecule has 1 aromatic carbocycles. The van der Waals surface area contributed by atoms with Gasteiger partial charge in [0, 0.05) is 6.04 Å². The molecule has 0 amide bonds. The van der Waals surface area contributed by atoms with Crippen LogP contribution in [0.5, 0.6) is 0 Å². The van der Waals surface area contributed by atoms with E-state index in [4.69, 9.17) is 4.42 Å². The average molecular weight is 232 g/mol. The van der Waals surface area contributed by atoms with Gasteiger partial charge in [-0.05, 0) is 44.9 Å². The van der Waals surface area contributed by atoms with Crippen molar-refractivity contribution in [3.8, 4) is 0 Å². The lowest BCUT2D eigenvalue weighted by atomic mass is 10.1. The van der Waals surface area contributed by atoms with E-state index in [9.17, 15) is 4.79 Å². The van der Waals surface area contributed by atoms with Crippen molar-refractivity contribution in [3.05, 3.63) is 33.7 Å². The highest BCUT2D eigenvalue weighted by atomic mass is 16.4. The zero-order chi connectivity index (χ0) is 12.6. The maximum absolute atomic E-state index is 11.9. The molecule has 2 aromatic rings. The first-order valence-electron chi connectivity index (χ1n) is 5.66. The number of aromatic nitrogens is 1. The van der Waals surface area contributed by atoms with Gasteiger partial charge >= 0.3 is 5.63 Å². The lowest BCUT2D eigenvalue weighted by Crippen LogP contribution is -2.14. The third kappa shape index (κ3) is 2.16. The summed E-state index contributed by atoms with van der Waals surface area (Å²) in [7, 11) is 0. The summed E-state index contributed by atoms with van der Waals surface area (Å²) in [5, 5.41) is 3.56. The lowest BCUT2D eigenvalue weighted by Gasteiger charge is -2.09. The second-order valence-electron chi connectivity index (χ2n) is 4.51. The molecule has 1 N–H and O–H groups in total. The molecule has 1 heterocycles.